The maximum Gasteiger partial charge on any atom is 0.224 e. The van der Waals surface area contributed by atoms with Crippen LogP contribution >= 0.6 is 0 Å². The number of ketones is 1. The van der Waals surface area contributed by atoms with Crippen molar-refractivity contribution in [3.05, 3.63) is 89.2 Å². The van der Waals surface area contributed by atoms with E-state index in [9.17, 15) is 13.2 Å². The van der Waals surface area contributed by atoms with Crippen molar-refractivity contribution in [3.8, 4) is 5.75 Å². The van der Waals surface area contributed by atoms with Gasteiger partial charge in [0.25, 0.3) is 0 Å². The summed E-state index contributed by atoms with van der Waals surface area (Å²) in [5, 5.41) is 5.64. The highest BCUT2D eigenvalue weighted by Crippen LogP contribution is 2.37. The van der Waals surface area contributed by atoms with Crippen molar-refractivity contribution in [1.82, 2.24) is 4.57 Å². The fourth-order valence-electron chi connectivity index (χ4n) is 3.40. The number of para-hydroxylation sites is 1. The lowest BCUT2D eigenvalue weighted by Crippen LogP contribution is -2.40. The zero-order valence-electron chi connectivity index (χ0n) is 15.9. The molecule has 3 aromatic rings. The van der Waals surface area contributed by atoms with Gasteiger partial charge in [-0.25, -0.2) is 13.6 Å². The molecular weight excluding hydrogens is 376 g/mol. The highest BCUT2D eigenvalue weighted by Gasteiger charge is 2.43. The zero-order valence-corrected chi connectivity index (χ0v) is 16.7. The number of carbonyl (C=O) groups excluding carboxylic acids is 1. The molecule has 0 saturated carbocycles. The average Bonchev–Trinajstić information content (AvgIpc) is 3.08. The van der Waals surface area contributed by atoms with Crippen molar-refractivity contribution < 1.29 is 17.9 Å². The summed E-state index contributed by atoms with van der Waals surface area (Å²) in [5.74, 6) is 0.184. The lowest BCUT2D eigenvalue weighted by Gasteiger charge is -2.29. The molecule has 28 heavy (non-hydrogen) atoms. The largest absolute Gasteiger partial charge is 0.496 e. The molecule has 6 nitrogen and oxygen atoms in total. The third kappa shape index (κ3) is 3.12. The van der Waals surface area contributed by atoms with Gasteiger partial charge in [-0.15, -0.1) is 0 Å². The third-order valence-corrected chi connectivity index (χ3v) is 6.67. The maximum atomic E-state index is 13.1. The molecule has 146 valence electrons. The summed E-state index contributed by atoms with van der Waals surface area (Å²) in [7, 11) is -0.887. The van der Waals surface area contributed by atoms with Gasteiger partial charge < -0.3 is 9.30 Å². The molecule has 0 bridgehead atoms. The summed E-state index contributed by atoms with van der Waals surface area (Å²) in [6, 6.07) is 18.9. The number of primary sulfonamides is 1. The van der Waals surface area contributed by atoms with Crippen LogP contribution in [0.4, 0.5) is 0 Å². The number of ether oxygens (including phenoxy) is 1. The molecule has 0 aliphatic rings. The second-order valence-electron chi connectivity index (χ2n) is 6.64. The van der Waals surface area contributed by atoms with Crippen LogP contribution in [0.2, 0.25) is 0 Å². The Morgan fingerprint density at radius 1 is 1.00 bits per heavy atom. The summed E-state index contributed by atoms with van der Waals surface area (Å²) in [4.78, 5) is 13.1. The van der Waals surface area contributed by atoms with Gasteiger partial charge in [0.15, 0.2) is 0 Å². The smallest absolute Gasteiger partial charge is 0.224 e. The molecule has 2 aromatic carbocycles. The Kier molecular flexibility index (Phi) is 5.14. The van der Waals surface area contributed by atoms with E-state index in [0.29, 0.717) is 28.3 Å². The molecule has 1 unspecified atom stereocenters. The van der Waals surface area contributed by atoms with E-state index in [1.165, 1.54) is 7.11 Å². The standard InChI is InChI=1S/C21H22N2O4S/c1-21(28(22,25)26,15-9-5-4-6-10-15)19-14-13-17(23(19)2)20(24)16-11-7-8-12-18(16)27-3/h4-14H,1-3H3,(H2,22,25,26). The van der Waals surface area contributed by atoms with Crippen LogP contribution in [-0.4, -0.2) is 25.9 Å². The van der Waals surface area contributed by atoms with Gasteiger partial charge in [0.2, 0.25) is 15.8 Å². The minimum Gasteiger partial charge on any atom is -0.496 e. The van der Waals surface area contributed by atoms with Gasteiger partial charge in [-0.1, -0.05) is 42.5 Å². The molecule has 1 aromatic heterocycles. The van der Waals surface area contributed by atoms with E-state index < -0.39 is 14.8 Å². The second-order valence-corrected chi connectivity index (χ2v) is 8.54. The van der Waals surface area contributed by atoms with E-state index in [2.05, 4.69) is 0 Å². The van der Waals surface area contributed by atoms with E-state index >= 15 is 0 Å². The Balaban J connectivity index is 2.18. The van der Waals surface area contributed by atoms with Crippen LogP contribution < -0.4 is 9.88 Å². The van der Waals surface area contributed by atoms with Crippen molar-refractivity contribution in [2.24, 2.45) is 12.2 Å². The minimum absolute atomic E-state index is 0.268. The first-order valence-electron chi connectivity index (χ1n) is 8.63. The van der Waals surface area contributed by atoms with Crippen LogP contribution in [0.3, 0.4) is 0 Å². The number of methoxy groups -OCH3 is 1. The number of hydrogen-bond acceptors (Lipinski definition) is 4. The van der Waals surface area contributed by atoms with Crippen LogP contribution in [0.25, 0.3) is 0 Å². The Hall–Kier alpha value is -2.90. The molecule has 3 rings (SSSR count). The predicted molar refractivity (Wildman–Crippen MR) is 108 cm³/mol. The molecule has 0 aliphatic carbocycles. The fourth-order valence-corrected chi connectivity index (χ4v) is 4.36. The summed E-state index contributed by atoms with van der Waals surface area (Å²) in [6.07, 6.45) is 0. The topological polar surface area (TPSA) is 91.4 Å². The van der Waals surface area contributed by atoms with Crippen LogP contribution in [0, 0.1) is 0 Å². The molecule has 7 heteroatoms. The number of sulfonamides is 1. The predicted octanol–water partition coefficient (Wildman–Crippen LogP) is 2.82. The lowest BCUT2D eigenvalue weighted by atomic mass is 9.96. The first-order valence-corrected chi connectivity index (χ1v) is 10.2. The van der Waals surface area contributed by atoms with E-state index in [1.54, 1.807) is 85.3 Å². The van der Waals surface area contributed by atoms with E-state index in [1.807, 2.05) is 0 Å². The number of hydrogen-bond donors (Lipinski definition) is 1. The summed E-state index contributed by atoms with van der Waals surface area (Å²) < 4.78 is 30.6. The molecule has 0 saturated heterocycles. The molecule has 1 atom stereocenters. The SMILES string of the molecule is COc1ccccc1C(=O)c1ccc(C(C)(c2ccccc2)S(N)(=O)=O)n1C. The highest BCUT2D eigenvalue weighted by atomic mass is 32.2. The van der Waals surface area contributed by atoms with Crippen molar-refractivity contribution in [2.45, 2.75) is 11.7 Å². The van der Waals surface area contributed by atoms with Crippen molar-refractivity contribution >= 4 is 15.8 Å². The Bertz CT molecular complexity index is 1120. The van der Waals surface area contributed by atoms with Gasteiger partial charge >= 0.3 is 0 Å². The zero-order chi connectivity index (χ0) is 20.5. The van der Waals surface area contributed by atoms with Gasteiger partial charge in [0.1, 0.15) is 10.5 Å². The van der Waals surface area contributed by atoms with Crippen molar-refractivity contribution in [2.75, 3.05) is 7.11 Å². The van der Waals surface area contributed by atoms with E-state index in [4.69, 9.17) is 9.88 Å². The molecule has 0 fully saturated rings. The molecule has 0 spiro atoms. The minimum atomic E-state index is -4.04. The second kappa shape index (κ2) is 7.26. The third-order valence-electron chi connectivity index (χ3n) is 5.09. The van der Waals surface area contributed by atoms with Crippen molar-refractivity contribution in [3.63, 3.8) is 0 Å². The van der Waals surface area contributed by atoms with Crippen LogP contribution in [0.1, 0.15) is 34.2 Å². The van der Waals surface area contributed by atoms with Gasteiger partial charge in [-0.3, -0.25) is 4.79 Å². The summed E-state index contributed by atoms with van der Waals surface area (Å²) in [5.41, 5.74) is 1.66. The van der Waals surface area contributed by atoms with Gasteiger partial charge in [0.05, 0.1) is 18.4 Å². The van der Waals surface area contributed by atoms with Crippen LogP contribution in [0.15, 0.2) is 66.7 Å². The van der Waals surface area contributed by atoms with Crippen LogP contribution in [0.5, 0.6) is 5.75 Å². The number of nitrogens with zero attached hydrogens (tertiary/aromatic N) is 1. The van der Waals surface area contributed by atoms with Gasteiger partial charge in [-0.05, 0) is 36.8 Å². The number of rotatable bonds is 6. The quantitative estimate of drug-likeness (QED) is 0.647. The Morgan fingerprint density at radius 2 is 1.61 bits per heavy atom. The first-order chi connectivity index (χ1) is 13.2. The molecule has 2 N–H and O–H groups in total. The van der Waals surface area contributed by atoms with Crippen molar-refractivity contribution in [1.29, 1.82) is 0 Å². The first kappa shape index (κ1) is 19.9. The molecule has 0 aliphatic heterocycles. The molecule has 0 radical (unpaired) electrons. The summed E-state index contributed by atoms with van der Waals surface area (Å²) in [6.45, 7) is 1.55. The summed E-state index contributed by atoms with van der Waals surface area (Å²) >= 11 is 0. The molecular formula is C21H22N2O4S. The monoisotopic (exact) mass is 398 g/mol. The Morgan fingerprint density at radius 3 is 2.21 bits per heavy atom. The number of benzene rings is 2. The van der Waals surface area contributed by atoms with Crippen LogP contribution in [-0.2, 0) is 21.8 Å². The highest BCUT2D eigenvalue weighted by molar-refractivity contribution is 7.90. The van der Waals surface area contributed by atoms with E-state index in [-0.39, 0.29) is 5.78 Å². The van der Waals surface area contributed by atoms with Gasteiger partial charge in [-0.2, -0.15) is 0 Å². The number of aromatic nitrogens is 1. The Labute approximate surface area is 164 Å². The normalized spacial score (nSPS) is 13.7. The van der Waals surface area contributed by atoms with E-state index in [0.717, 1.165) is 0 Å². The van der Waals surface area contributed by atoms with Gasteiger partial charge in [0, 0.05) is 12.7 Å². The number of nitrogens with two attached hydrogens (primary N) is 1. The lowest BCUT2D eigenvalue weighted by molar-refractivity contribution is 0.102. The molecule has 1 heterocycles. The number of carbonyl (C=O) groups is 1. The molecule has 0 amide bonds. The average molecular weight is 398 g/mol. The maximum absolute atomic E-state index is 13.1. The fraction of sp³-hybridized carbons (Fsp3) is 0.190.